The number of nitrogens with two attached hydrogens (primary N) is 1. The number of anilines is 1. The van der Waals surface area contributed by atoms with Crippen LogP contribution in [0.15, 0.2) is 29.0 Å². The van der Waals surface area contributed by atoms with Gasteiger partial charge in [0.05, 0.1) is 17.9 Å². The van der Waals surface area contributed by atoms with Crippen molar-refractivity contribution >= 4 is 27.5 Å². The highest BCUT2D eigenvalue weighted by Gasteiger charge is 2.19. The maximum Gasteiger partial charge on any atom is 0.262 e. The first kappa shape index (κ1) is 12.2. The van der Waals surface area contributed by atoms with E-state index in [1.807, 2.05) is 6.07 Å². The van der Waals surface area contributed by atoms with Gasteiger partial charge in [-0.05, 0) is 33.6 Å². The third kappa shape index (κ3) is 2.34. The maximum atomic E-state index is 11.3. The SMILES string of the molecule is NC(c1ccc2c(c1)NC(=O)CO2)c1ncc(Br)[nH]1. The van der Waals surface area contributed by atoms with Crippen LogP contribution in [0.4, 0.5) is 5.69 Å². The van der Waals surface area contributed by atoms with E-state index in [4.69, 9.17) is 10.5 Å². The van der Waals surface area contributed by atoms with Gasteiger partial charge in [0.25, 0.3) is 5.91 Å². The molecule has 6 nitrogen and oxygen atoms in total. The Labute approximate surface area is 117 Å². The maximum absolute atomic E-state index is 11.3. The van der Waals surface area contributed by atoms with Crippen molar-refractivity contribution in [3.05, 3.63) is 40.4 Å². The van der Waals surface area contributed by atoms with E-state index < -0.39 is 6.04 Å². The van der Waals surface area contributed by atoms with Gasteiger partial charge in [-0.2, -0.15) is 0 Å². The van der Waals surface area contributed by atoms with Gasteiger partial charge in [-0.1, -0.05) is 6.07 Å². The van der Waals surface area contributed by atoms with Crippen LogP contribution < -0.4 is 15.8 Å². The Kier molecular flexibility index (Phi) is 3.00. The van der Waals surface area contributed by atoms with Crippen LogP contribution in [0.5, 0.6) is 5.75 Å². The molecule has 0 aliphatic carbocycles. The summed E-state index contributed by atoms with van der Waals surface area (Å²) in [6.07, 6.45) is 1.65. The minimum absolute atomic E-state index is 0.0452. The quantitative estimate of drug-likeness (QED) is 0.782. The molecule has 2 heterocycles. The molecule has 1 atom stereocenters. The van der Waals surface area contributed by atoms with Gasteiger partial charge in [0.2, 0.25) is 0 Å². The fourth-order valence-electron chi connectivity index (χ4n) is 1.92. The second-order valence-electron chi connectivity index (χ2n) is 4.19. The molecule has 0 bridgehead atoms. The van der Waals surface area contributed by atoms with Crippen molar-refractivity contribution in [3.63, 3.8) is 0 Å². The summed E-state index contributed by atoms with van der Waals surface area (Å²) >= 11 is 3.29. The minimum atomic E-state index is -0.393. The number of H-pyrrole nitrogens is 1. The van der Waals surface area contributed by atoms with Crippen molar-refractivity contribution in [1.29, 1.82) is 0 Å². The highest BCUT2D eigenvalue weighted by atomic mass is 79.9. The van der Waals surface area contributed by atoms with Crippen molar-refractivity contribution < 1.29 is 9.53 Å². The summed E-state index contributed by atoms with van der Waals surface area (Å²) in [5.41, 5.74) is 7.60. The molecule has 0 fully saturated rings. The van der Waals surface area contributed by atoms with Gasteiger partial charge in [-0.15, -0.1) is 0 Å². The van der Waals surface area contributed by atoms with Gasteiger partial charge < -0.3 is 20.8 Å². The normalized spacial score (nSPS) is 15.4. The van der Waals surface area contributed by atoms with Crippen LogP contribution in [0.25, 0.3) is 0 Å². The van der Waals surface area contributed by atoms with Gasteiger partial charge in [0.1, 0.15) is 16.2 Å². The molecule has 3 rings (SSSR count). The van der Waals surface area contributed by atoms with Crippen LogP contribution >= 0.6 is 15.9 Å². The summed E-state index contributed by atoms with van der Waals surface area (Å²) in [7, 11) is 0. The number of amides is 1. The monoisotopic (exact) mass is 322 g/mol. The van der Waals surface area contributed by atoms with E-state index in [-0.39, 0.29) is 12.5 Å². The summed E-state index contributed by atoms with van der Waals surface area (Å²) in [5.74, 6) is 1.13. The highest BCUT2D eigenvalue weighted by molar-refractivity contribution is 9.10. The standard InChI is InChI=1S/C12H11BrN4O2/c13-9-4-15-12(17-9)11(14)6-1-2-8-7(3-6)16-10(18)5-19-8/h1-4,11H,5,14H2,(H,15,17)(H,16,18). The van der Waals surface area contributed by atoms with E-state index in [1.54, 1.807) is 18.3 Å². The second kappa shape index (κ2) is 4.67. The van der Waals surface area contributed by atoms with Crippen LogP contribution in [0, 0.1) is 0 Å². The molecule has 4 N–H and O–H groups in total. The molecule has 0 radical (unpaired) electrons. The molecule has 1 aliphatic rings. The summed E-state index contributed by atoms with van der Waals surface area (Å²) in [5, 5.41) is 2.75. The molecule has 1 aliphatic heterocycles. The molecule has 0 saturated carbocycles. The lowest BCUT2D eigenvalue weighted by atomic mass is 10.1. The van der Waals surface area contributed by atoms with Gasteiger partial charge in [0.15, 0.2) is 6.61 Å². The summed E-state index contributed by atoms with van der Waals surface area (Å²) in [6.45, 7) is 0.0452. The van der Waals surface area contributed by atoms with Crippen LogP contribution in [0.2, 0.25) is 0 Å². The minimum Gasteiger partial charge on any atom is -0.482 e. The number of rotatable bonds is 2. The number of nitrogens with zero attached hydrogens (tertiary/aromatic N) is 1. The molecule has 1 aromatic heterocycles. The number of carbonyl (C=O) groups excluding carboxylic acids is 1. The molecular weight excluding hydrogens is 312 g/mol. The molecule has 2 aromatic rings. The van der Waals surface area contributed by atoms with E-state index in [2.05, 4.69) is 31.2 Å². The number of ether oxygens (including phenoxy) is 1. The van der Waals surface area contributed by atoms with Crippen molar-refractivity contribution in [2.45, 2.75) is 6.04 Å². The highest BCUT2D eigenvalue weighted by Crippen LogP contribution is 2.31. The van der Waals surface area contributed by atoms with Crippen molar-refractivity contribution in [2.24, 2.45) is 5.73 Å². The lowest BCUT2D eigenvalue weighted by molar-refractivity contribution is -0.118. The van der Waals surface area contributed by atoms with Gasteiger partial charge in [-0.3, -0.25) is 4.79 Å². The molecule has 1 aromatic carbocycles. The molecule has 7 heteroatoms. The van der Waals surface area contributed by atoms with Gasteiger partial charge >= 0.3 is 0 Å². The predicted octanol–water partition coefficient (Wildman–Crippen LogP) is 1.55. The molecular formula is C12H11BrN4O2. The van der Waals surface area contributed by atoms with Crippen molar-refractivity contribution in [3.8, 4) is 5.75 Å². The van der Waals surface area contributed by atoms with Gasteiger partial charge in [0, 0.05) is 0 Å². The Balaban J connectivity index is 1.93. The lowest BCUT2D eigenvalue weighted by Gasteiger charge is -2.19. The first-order valence-electron chi connectivity index (χ1n) is 5.66. The first-order chi connectivity index (χ1) is 9.13. The second-order valence-corrected chi connectivity index (χ2v) is 5.04. The zero-order valence-corrected chi connectivity index (χ0v) is 11.4. The topological polar surface area (TPSA) is 93.0 Å². The number of aromatic amines is 1. The molecule has 0 saturated heterocycles. The molecule has 98 valence electrons. The van der Waals surface area contributed by atoms with E-state index in [1.165, 1.54) is 0 Å². The largest absolute Gasteiger partial charge is 0.482 e. The molecule has 1 amide bonds. The number of benzene rings is 1. The lowest BCUT2D eigenvalue weighted by Crippen LogP contribution is -2.25. The van der Waals surface area contributed by atoms with Crippen LogP contribution in [0.1, 0.15) is 17.4 Å². The smallest absolute Gasteiger partial charge is 0.262 e. The van der Waals surface area contributed by atoms with Crippen LogP contribution in [-0.4, -0.2) is 22.5 Å². The number of hydrogen-bond acceptors (Lipinski definition) is 4. The fourth-order valence-corrected chi connectivity index (χ4v) is 2.23. The zero-order valence-electron chi connectivity index (χ0n) is 9.81. The van der Waals surface area contributed by atoms with E-state index in [0.717, 1.165) is 10.2 Å². The van der Waals surface area contributed by atoms with Crippen LogP contribution in [-0.2, 0) is 4.79 Å². The number of fused-ring (bicyclic) bond motifs is 1. The Hall–Kier alpha value is -1.86. The number of aromatic nitrogens is 2. The number of imidazole rings is 1. The van der Waals surface area contributed by atoms with Crippen molar-refractivity contribution in [2.75, 3.05) is 11.9 Å². The summed E-state index contributed by atoms with van der Waals surface area (Å²) < 4.78 is 6.07. The predicted molar refractivity (Wildman–Crippen MR) is 72.9 cm³/mol. The Bertz CT molecular complexity index is 640. The third-order valence-corrected chi connectivity index (χ3v) is 3.26. The molecule has 1 unspecified atom stereocenters. The Morgan fingerprint density at radius 3 is 3.05 bits per heavy atom. The van der Waals surface area contributed by atoms with E-state index in [0.29, 0.717) is 17.3 Å². The summed E-state index contributed by atoms with van der Waals surface area (Å²) in [4.78, 5) is 18.5. The summed E-state index contributed by atoms with van der Waals surface area (Å²) in [6, 6.07) is 5.06. The van der Waals surface area contributed by atoms with E-state index >= 15 is 0 Å². The zero-order chi connectivity index (χ0) is 13.4. The number of hydrogen-bond donors (Lipinski definition) is 3. The third-order valence-electron chi connectivity index (χ3n) is 2.85. The average molecular weight is 323 g/mol. The van der Waals surface area contributed by atoms with Crippen molar-refractivity contribution in [1.82, 2.24) is 9.97 Å². The number of carbonyl (C=O) groups is 1. The van der Waals surface area contributed by atoms with E-state index in [9.17, 15) is 4.79 Å². The molecule has 19 heavy (non-hydrogen) atoms. The Morgan fingerprint density at radius 1 is 1.47 bits per heavy atom. The average Bonchev–Trinajstić information content (AvgIpc) is 2.83. The van der Waals surface area contributed by atoms with Gasteiger partial charge in [-0.25, -0.2) is 4.98 Å². The first-order valence-corrected chi connectivity index (χ1v) is 6.45. The fraction of sp³-hybridized carbons (Fsp3) is 0.167. The Morgan fingerprint density at radius 2 is 2.32 bits per heavy atom. The number of nitrogens with one attached hydrogen (secondary N) is 2. The number of halogens is 1. The van der Waals surface area contributed by atoms with Crippen LogP contribution in [0.3, 0.4) is 0 Å². The molecule has 0 spiro atoms.